The van der Waals surface area contributed by atoms with Gasteiger partial charge in [-0.2, -0.15) is 0 Å². The number of hydrogen-bond donors (Lipinski definition) is 0. The second kappa shape index (κ2) is 12.3. The van der Waals surface area contributed by atoms with Gasteiger partial charge in [0.1, 0.15) is 0 Å². The van der Waals surface area contributed by atoms with E-state index >= 15 is 0 Å². The van der Waals surface area contributed by atoms with Crippen molar-refractivity contribution in [3.63, 3.8) is 0 Å². The Kier molecular flexibility index (Phi) is 6.97. The number of benzene rings is 11. The molecule has 0 unspecified atom stereocenters. The molecule has 0 saturated heterocycles. The van der Waals surface area contributed by atoms with Gasteiger partial charge in [-0.05, 0) is 133 Å². The van der Waals surface area contributed by atoms with E-state index in [1.165, 1.54) is 109 Å². The van der Waals surface area contributed by atoms with Crippen molar-refractivity contribution in [2.75, 3.05) is 0 Å². The molecule has 0 aliphatic rings. The number of fused-ring (bicyclic) bond motifs is 7. The second-order valence-electron chi connectivity index (χ2n) is 14.4. The summed E-state index contributed by atoms with van der Waals surface area (Å²) in [7, 11) is 0. The van der Waals surface area contributed by atoms with Crippen LogP contribution in [0.4, 0.5) is 0 Å². The van der Waals surface area contributed by atoms with Gasteiger partial charge in [0, 0.05) is 0 Å². The Hall–Kier alpha value is -7.02. The molecule has 0 aliphatic carbocycles. The standard InChI is InChI=1S/C54H34/c1-3-15-35(16-4-1)53-44-22-10-9-21-43(44)50-34-41(29-30-49(50)54(53)36-17-5-2-6-18-36)52-47-25-13-11-23-45(47)51(46-24-12-14-26-48(46)52)40-28-27-39-31-37-19-7-8-20-38(37)32-42(39)33-40/h1-34H. The van der Waals surface area contributed by atoms with E-state index < -0.39 is 0 Å². The van der Waals surface area contributed by atoms with Crippen LogP contribution in [0.15, 0.2) is 206 Å². The Bertz CT molecular complexity index is 3190. The van der Waals surface area contributed by atoms with Gasteiger partial charge in [-0.25, -0.2) is 0 Å². The van der Waals surface area contributed by atoms with Gasteiger partial charge in [0.15, 0.2) is 0 Å². The Morgan fingerprint density at radius 1 is 0.167 bits per heavy atom. The fraction of sp³-hybridized carbons (Fsp3) is 0. The van der Waals surface area contributed by atoms with Crippen molar-refractivity contribution in [2.24, 2.45) is 0 Å². The van der Waals surface area contributed by atoms with Crippen LogP contribution in [0.2, 0.25) is 0 Å². The average Bonchev–Trinajstić information content (AvgIpc) is 3.24. The minimum atomic E-state index is 1.23. The highest BCUT2D eigenvalue weighted by Gasteiger charge is 2.21. The first-order valence-electron chi connectivity index (χ1n) is 18.8. The van der Waals surface area contributed by atoms with E-state index in [0.29, 0.717) is 0 Å². The summed E-state index contributed by atoms with van der Waals surface area (Å²) < 4.78 is 0. The molecule has 0 heteroatoms. The molecule has 0 aliphatic heterocycles. The quantitative estimate of drug-likeness (QED) is 0.128. The summed E-state index contributed by atoms with van der Waals surface area (Å²) in [5, 5.41) is 15.2. The molecule has 0 heterocycles. The maximum Gasteiger partial charge on any atom is -0.00203 e. The lowest BCUT2D eigenvalue weighted by Gasteiger charge is -2.21. The first kappa shape index (κ1) is 30.6. The monoisotopic (exact) mass is 682 g/mol. The molecule has 0 aromatic heterocycles. The zero-order valence-corrected chi connectivity index (χ0v) is 29.6. The minimum absolute atomic E-state index is 1.23. The molecule has 250 valence electrons. The van der Waals surface area contributed by atoms with Gasteiger partial charge in [0.25, 0.3) is 0 Å². The number of rotatable bonds is 4. The fourth-order valence-corrected chi connectivity index (χ4v) is 9.00. The molecule has 0 nitrogen and oxygen atoms in total. The van der Waals surface area contributed by atoms with Crippen molar-refractivity contribution in [3.8, 4) is 44.5 Å². The SMILES string of the molecule is c1ccc(-c2c(-c3ccccc3)c3ccc(-c4c5ccccc5c(-c5ccc6cc7ccccc7cc6c5)c5ccccc45)cc3c3ccccc23)cc1. The summed E-state index contributed by atoms with van der Waals surface area (Å²) in [6.45, 7) is 0. The first-order chi connectivity index (χ1) is 26.8. The fourth-order valence-electron chi connectivity index (χ4n) is 9.00. The topological polar surface area (TPSA) is 0 Å². The lowest BCUT2D eigenvalue weighted by Crippen LogP contribution is -1.93. The molecule has 0 radical (unpaired) electrons. The van der Waals surface area contributed by atoms with E-state index in [1.54, 1.807) is 0 Å². The maximum absolute atomic E-state index is 2.45. The zero-order chi connectivity index (χ0) is 35.6. The predicted molar refractivity (Wildman–Crippen MR) is 233 cm³/mol. The van der Waals surface area contributed by atoms with Crippen molar-refractivity contribution in [2.45, 2.75) is 0 Å². The highest BCUT2D eigenvalue weighted by Crippen LogP contribution is 2.48. The Morgan fingerprint density at radius 3 is 1.07 bits per heavy atom. The van der Waals surface area contributed by atoms with Crippen LogP contribution in [0, 0.1) is 0 Å². The van der Waals surface area contributed by atoms with Gasteiger partial charge >= 0.3 is 0 Å². The van der Waals surface area contributed by atoms with E-state index in [4.69, 9.17) is 0 Å². The van der Waals surface area contributed by atoms with Crippen molar-refractivity contribution in [3.05, 3.63) is 206 Å². The number of hydrogen-bond acceptors (Lipinski definition) is 0. The maximum atomic E-state index is 2.45. The molecule has 54 heavy (non-hydrogen) atoms. The van der Waals surface area contributed by atoms with E-state index in [2.05, 4.69) is 206 Å². The van der Waals surface area contributed by atoms with Crippen molar-refractivity contribution < 1.29 is 0 Å². The molecule has 0 saturated carbocycles. The molecule has 0 N–H and O–H groups in total. The van der Waals surface area contributed by atoms with Gasteiger partial charge in [0.05, 0.1) is 0 Å². The van der Waals surface area contributed by atoms with E-state index in [-0.39, 0.29) is 0 Å². The third-order valence-corrected chi connectivity index (χ3v) is 11.4. The predicted octanol–water partition coefficient (Wildman–Crippen LogP) is 15.3. The lowest BCUT2D eigenvalue weighted by atomic mass is 9.82. The molecule has 0 fully saturated rings. The molecule has 0 spiro atoms. The first-order valence-corrected chi connectivity index (χ1v) is 18.8. The van der Waals surface area contributed by atoms with Crippen LogP contribution in [0.5, 0.6) is 0 Å². The van der Waals surface area contributed by atoms with E-state index in [9.17, 15) is 0 Å². The highest BCUT2D eigenvalue weighted by molar-refractivity contribution is 6.25. The summed E-state index contributed by atoms with van der Waals surface area (Å²) in [5.74, 6) is 0. The zero-order valence-electron chi connectivity index (χ0n) is 29.6. The van der Waals surface area contributed by atoms with Crippen LogP contribution < -0.4 is 0 Å². The molecule has 0 amide bonds. The Balaban J connectivity index is 1.20. The Morgan fingerprint density at radius 2 is 0.537 bits per heavy atom. The molecule has 0 bridgehead atoms. The third-order valence-electron chi connectivity index (χ3n) is 11.4. The largest absolute Gasteiger partial charge is 0.0622 e. The van der Waals surface area contributed by atoms with Crippen molar-refractivity contribution in [1.82, 2.24) is 0 Å². The third kappa shape index (κ3) is 4.78. The molecule has 11 rings (SSSR count). The second-order valence-corrected chi connectivity index (χ2v) is 14.4. The summed E-state index contributed by atoms with van der Waals surface area (Å²) in [6, 6.07) is 76.1. The van der Waals surface area contributed by atoms with Gasteiger partial charge in [-0.1, -0.05) is 182 Å². The lowest BCUT2D eigenvalue weighted by molar-refractivity contribution is 1.62. The van der Waals surface area contributed by atoms with Gasteiger partial charge in [0.2, 0.25) is 0 Å². The highest BCUT2D eigenvalue weighted by atomic mass is 14.2. The van der Waals surface area contributed by atoms with Gasteiger partial charge in [-0.3, -0.25) is 0 Å². The molecular weight excluding hydrogens is 649 g/mol. The molecule has 11 aromatic rings. The van der Waals surface area contributed by atoms with Gasteiger partial charge < -0.3 is 0 Å². The van der Waals surface area contributed by atoms with Crippen LogP contribution in [-0.4, -0.2) is 0 Å². The summed E-state index contributed by atoms with van der Waals surface area (Å²) in [4.78, 5) is 0. The van der Waals surface area contributed by atoms with Crippen molar-refractivity contribution >= 4 is 64.6 Å². The average molecular weight is 683 g/mol. The van der Waals surface area contributed by atoms with Crippen LogP contribution >= 0.6 is 0 Å². The summed E-state index contributed by atoms with van der Waals surface area (Å²) >= 11 is 0. The normalized spacial score (nSPS) is 11.7. The van der Waals surface area contributed by atoms with E-state index in [1.807, 2.05) is 0 Å². The van der Waals surface area contributed by atoms with Crippen molar-refractivity contribution in [1.29, 1.82) is 0 Å². The Labute approximate surface area is 314 Å². The van der Waals surface area contributed by atoms with Gasteiger partial charge in [-0.15, -0.1) is 0 Å². The van der Waals surface area contributed by atoms with Crippen LogP contribution in [0.3, 0.4) is 0 Å². The molecule has 11 aromatic carbocycles. The van der Waals surface area contributed by atoms with Crippen LogP contribution in [-0.2, 0) is 0 Å². The smallest absolute Gasteiger partial charge is 0.00203 e. The van der Waals surface area contributed by atoms with Crippen LogP contribution in [0.25, 0.3) is 109 Å². The summed E-state index contributed by atoms with van der Waals surface area (Å²) in [5.41, 5.74) is 10.0. The minimum Gasteiger partial charge on any atom is -0.0622 e. The molecule has 0 atom stereocenters. The van der Waals surface area contributed by atoms with Crippen LogP contribution in [0.1, 0.15) is 0 Å². The molecular formula is C54H34. The van der Waals surface area contributed by atoms with E-state index in [0.717, 1.165) is 0 Å². The summed E-state index contributed by atoms with van der Waals surface area (Å²) in [6.07, 6.45) is 0.